The molecule has 0 bridgehead atoms. The van der Waals surface area contributed by atoms with Crippen LogP contribution in [0.2, 0.25) is 0 Å². The Morgan fingerprint density at radius 3 is 1.61 bits per heavy atom. The third kappa shape index (κ3) is 22.8. The Morgan fingerprint density at radius 2 is 1.14 bits per heavy atom. The van der Waals surface area contributed by atoms with Crippen LogP contribution < -0.4 is 5.90 Å². The van der Waals surface area contributed by atoms with Crippen molar-refractivity contribution in [2.24, 2.45) is 5.90 Å². The molecule has 1 fully saturated rings. The van der Waals surface area contributed by atoms with Crippen LogP contribution in [0.3, 0.4) is 0 Å². The van der Waals surface area contributed by atoms with Crippen molar-refractivity contribution < 1.29 is 55.7 Å². The van der Waals surface area contributed by atoms with E-state index in [4.69, 9.17) is 29.1 Å². The molecular formula is C50H79NO12S. The number of unbranched alkanes of at least 4 members (excludes halogenated alkanes) is 19. The summed E-state index contributed by atoms with van der Waals surface area (Å²) in [4.78, 5) is 46.2. The van der Waals surface area contributed by atoms with E-state index in [1.165, 1.54) is 43.2 Å². The van der Waals surface area contributed by atoms with Gasteiger partial charge in [0.2, 0.25) is 5.78 Å². The molecule has 4 N–H and O–H groups in total. The largest absolute Gasteiger partial charge is 0.459 e. The molecule has 0 aliphatic carbocycles. The quantitative estimate of drug-likeness (QED) is 0.0251. The molecule has 0 saturated carbocycles. The summed E-state index contributed by atoms with van der Waals surface area (Å²) in [6.45, 7) is 1.27. The fourth-order valence-corrected chi connectivity index (χ4v) is 8.97. The molecule has 0 radical (unpaired) electrons. The first-order chi connectivity index (χ1) is 31.0. The zero-order valence-corrected chi connectivity index (χ0v) is 39.4. The van der Waals surface area contributed by atoms with E-state index >= 15 is 0 Å². The number of ether oxygens (including phenoxy) is 3. The van der Waals surface area contributed by atoms with Gasteiger partial charge in [-0.25, -0.2) is 10.1 Å². The molecule has 1 aliphatic heterocycles. The molecule has 3 rings (SSSR count). The van der Waals surface area contributed by atoms with Gasteiger partial charge in [0.15, 0.2) is 6.10 Å². The van der Waals surface area contributed by atoms with E-state index in [1.54, 1.807) is 0 Å². The van der Waals surface area contributed by atoms with Gasteiger partial charge in [-0.1, -0.05) is 177 Å². The third-order valence-electron chi connectivity index (χ3n) is 12.1. The normalized spacial score (nSPS) is 19.3. The zero-order chi connectivity index (χ0) is 46.3. The first kappa shape index (κ1) is 55.1. The van der Waals surface area contributed by atoms with Gasteiger partial charge in [0.25, 0.3) is 5.79 Å². The Labute approximate surface area is 383 Å². The lowest BCUT2D eigenvalue weighted by molar-refractivity contribution is -0.309. The number of aliphatic hydroxyl groups excluding tert-OH is 1. The monoisotopic (exact) mass is 918 g/mol. The molecule has 0 aromatic heterocycles. The minimum Gasteiger partial charge on any atom is -0.459 e. The number of carbonyl (C=O) groups excluding carboxylic acids is 3. The maximum atomic E-state index is 14.5. The topological polar surface area (TPSA) is 198 Å². The van der Waals surface area contributed by atoms with Crippen LogP contribution in [0.1, 0.15) is 185 Å². The predicted molar refractivity (Wildman–Crippen MR) is 247 cm³/mol. The Balaban J connectivity index is 1.61. The molecule has 362 valence electrons. The van der Waals surface area contributed by atoms with E-state index in [2.05, 4.69) is 31.2 Å². The lowest BCUT2D eigenvalue weighted by Crippen LogP contribution is -2.64. The number of hydrogen-bond acceptors (Lipinski definition) is 12. The third-order valence-corrected chi connectivity index (χ3v) is 12.5. The molecule has 13 nitrogen and oxygen atoms in total. The average molecular weight is 918 g/mol. The van der Waals surface area contributed by atoms with Crippen LogP contribution in [0, 0.1) is 0 Å². The van der Waals surface area contributed by atoms with Crippen molar-refractivity contribution in [3.63, 3.8) is 0 Å². The smallest absolute Gasteiger partial charge is 0.397 e. The molecule has 2 aromatic rings. The summed E-state index contributed by atoms with van der Waals surface area (Å²) in [6, 6.07) is 20.7. The number of benzene rings is 2. The Morgan fingerprint density at radius 1 is 0.688 bits per heavy atom. The number of ketones is 1. The van der Waals surface area contributed by atoms with E-state index in [9.17, 15) is 32.5 Å². The first-order valence-corrected chi connectivity index (χ1v) is 25.7. The number of rotatable bonds is 37. The summed E-state index contributed by atoms with van der Waals surface area (Å²) < 4.78 is 55.9. The number of Topliss-reactive ketones (excluding diaryl/α,β-unsaturated/α-hetero) is 1. The van der Waals surface area contributed by atoms with Crippen molar-refractivity contribution in [2.45, 2.75) is 217 Å². The average Bonchev–Trinajstić information content (AvgIpc) is 3.28. The van der Waals surface area contributed by atoms with Crippen molar-refractivity contribution in [1.29, 1.82) is 0 Å². The maximum Gasteiger partial charge on any atom is 0.397 e. The van der Waals surface area contributed by atoms with Crippen molar-refractivity contribution in [3.05, 3.63) is 71.8 Å². The number of nitrogens with two attached hydrogens (primary N) is 1. The molecule has 0 amide bonds. The highest BCUT2D eigenvalue weighted by molar-refractivity contribution is 7.80. The van der Waals surface area contributed by atoms with Crippen LogP contribution >= 0.6 is 0 Å². The number of esters is 2. The van der Waals surface area contributed by atoms with Crippen LogP contribution in [0.15, 0.2) is 60.7 Å². The second-order valence-electron chi connectivity index (χ2n) is 17.5. The Kier molecular flexibility index (Phi) is 27.9. The standard InChI is InChI=1S/C50H79NO12S/c1-2-3-4-5-6-7-8-9-16-27-36-43(59-46(53)37-28-17-12-10-14-21-30-41-32-23-19-24-33-41)49(55)50(63-51)39-44(48(45(40-52)61-50)62-64(56,57)58)60-47(54)38-29-18-13-11-15-22-31-42-34-25-20-26-35-42/h19-20,23-26,32-35,43-45,48,52H,2-18,21-22,27-31,36-40,51H2,1H3,(H,56,57,58)/t43?,44-,45+,48-,50-/m0/s1. The maximum absolute atomic E-state index is 14.5. The van der Waals surface area contributed by atoms with Crippen molar-refractivity contribution in [2.75, 3.05) is 6.61 Å². The molecule has 0 spiro atoms. The summed E-state index contributed by atoms with van der Waals surface area (Å²) in [5.74, 6) is 1.23. The summed E-state index contributed by atoms with van der Waals surface area (Å²) in [5, 5.41) is 10.4. The first-order valence-electron chi connectivity index (χ1n) is 24.3. The minimum absolute atomic E-state index is 0.0130. The number of aliphatic hydroxyl groups is 1. The van der Waals surface area contributed by atoms with Gasteiger partial charge in [-0.3, -0.25) is 23.8 Å². The second kappa shape index (κ2) is 32.4. The fraction of sp³-hybridized carbons (Fsp3) is 0.700. The number of carbonyl (C=O) groups is 3. The van der Waals surface area contributed by atoms with Gasteiger partial charge in [-0.05, 0) is 62.5 Å². The van der Waals surface area contributed by atoms with Crippen LogP contribution in [-0.4, -0.2) is 72.6 Å². The van der Waals surface area contributed by atoms with Crippen molar-refractivity contribution in [1.82, 2.24) is 0 Å². The molecule has 1 unspecified atom stereocenters. The fourth-order valence-electron chi connectivity index (χ4n) is 8.44. The van der Waals surface area contributed by atoms with E-state index < -0.39 is 71.4 Å². The van der Waals surface area contributed by atoms with Crippen LogP contribution in [0.5, 0.6) is 0 Å². The Bertz CT molecular complexity index is 1660. The highest BCUT2D eigenvalue weighted by Crippen LogP contribution is 2.37. The highest BCUT2D eigenvalue weighted by Gasteiger charge is 2.57. The summed E-state index contributed by atoms with van der Waals surface area (Å²) in [5.41, 5.74) is 2.63. The van der Waals surface area contributed by atoms with Crippen molar-refractivity contribution >= 4 is 28.1 Å². The Hall–Kier alpha value is -3.24. The molecular weight excluding hydrogens is 839 g/mol. The van der Waals surface area contributed by atoms with E-state index in [0.29, 0.717) is 19.3 Å². The number of hydrogen-bond donors (Lipinski definition) is 3. The summed E-state index contributed by atoms with van der Waals surface area (Å²) >= 11 is 0. The lowest BCUT2D eigenvalue weighted by Gasteiger charge is -2.45. The summed E-state index contributed by atoms with van der Waals surface area (Å²) in [6.07, 6.45) is 16.7. The van der Waals surface area contributed by atoms with Gasteiger partial charge < -0.3 is 19.3 Å². The molecule has 14 heteroatoms. The number of aryl methyl sites for hydroxylation is 2. The van der Waals surface area contributed by atoms with Crippen LogP contribution in [0.4, 0.5) is 0 Å². The minimum atomic E-state index is -5.15. The lowest BCUT2D eigenvalue weighted by atomic mass is 9.89. The zero-order valence-electron chi connectivity index (χ0n) is 38.6. The molecule has 1 aliphatic rings. The molecule has 5 atom stereocenters. The van der Waals surface area contributed by atoms with Gasteiger partial charge in [0, 0.05) is 12.8 Å². The van der Waals surface area contributed by atoms with Gasteiger partial charge in [0.05, 0.1) is 13.0 Å². The van der Waals surface area contributed by atoms with Gasteiger partial charge in [0.1, 0.15) is 18.3 Å². The molecule has 2 aromatic carbocycles. The van der Waals surface area contributed by atoms with E-state index in [-0.39, 0.29) is 19.3 Å². The van der Waals surface area contributed by atoms with Gasteiger partial charge in [-0.2, -0.15) is 8.42 Å². The van der Waals surface area contributed by atoms with Gasteiger partial charge >= 0.3 is 22.3 Å². The molecule has 1 saturated heterocycles. The van der Waals surface area contributed by atoms with E-state index in [0.717, 1.165) is 103 Å². The summed E-state index contributed by atoms with van der Waals surface area (Å²) in [7, 11) is -5.15. The molecule has 64 heavy (non-hydrogen) atoms. The predicted octanol–water partition coefficient (Wildman–Crippen LogP) is 10.2. The second-order valence-corrected chi connectivity index (χ2v) is 18.5. The van der Waals surface area contributed by atoms with Crippen molar-refractivity contribution in [3.8, 4) is 0 Å². The van der Waals surface area contributed by atoms with Crippen LogP contribution in [-0.2, 0) is 60.9 Å². The van der Waals surface area contributed by atoms with Crippen LogP contribution in [0.25, 0.3) is 0 Å². The highest BCUT2D eigenvalue weighted by atomic mass is 32.3. The van der Waals surface area contributed by atoms with E-state index in [1.807, 2.05) is 36.4 Å². The van der Waals surface area contributed by atoms with Gasteiger partial charge in [-0.15, -0.1) is 0 Å². The SMILES string of the molecule is CCCCCCCCCCCCC(OC(=O)CCCCCCCCc1ccccc1)C(=O)[C@@]1(ON)C[C@H](OC(=O)CCCCCCCCc2ccccc2)[C@H](OS(=O)(=O)O)[C@@H](CO)O1. The molecule has 1 heterocycles.